The van der Waals surface area contributed by atoms with Crippen molar-refractivity contribution in [3.63, 3.8) is 0 Å². The molecule has 0 spiro atoms. The van der Waals surface area contributed by atoms with Crippen molar-refractivity contribution in [2.45, 2.75) is 25.4 Å². The highest BCUT2D eigenvalue weighted by atomic mass is 16.3. The third kappa shape index (κ3) is 3.90. The third-order valence-corrected chi connectivity index (χ3v) is 3.51. The quantitative estimate of drug-likeness (QED) is 0.693. The molecular weight excluding hydrogens is 268 g/mol. The van der Waals surface area contributed by atoms with Gasteiger partial charge in [-0.1, -0.05) is 24.3 Å². The molecule has 5 N–H and O–H groups in total. The summed E-state index contributed by atoms with van der Waals surface area (Å²) in [6.07, 6.45) is 4.66. The van der Waals surface area contributed by atoms with Crippen LogP contribution in [0.5, 0.6) is 0 Å². The number of carbonyl (C=O) groups excluding carboxylic acids is 1. The molecule has 1 heterocycles. The number of nitrogens with zero attached hydrogens (tertiary/aromatic N) is 2. The number of aryl methyl sites for hydroxylation is 1. The number of hydrogen-bond donors (Lipinski definition) is 3. The molecule has 112 valence electrons. The van der Waals surface area contributed by atoms with Crippen LogP contribution in [0.1, 0.15) is 34.1 Å². The van der Waals surface area contributed by atoms with E-state index in [1.807, 2.05) is 24.3 Å². The van der Waals surface area contributed by atoms with E-state index in [1.165, 1.54) is 11.9 Å². The maximum absolute atomic E-state index is 11.0. The number of imidazole rings is 1. The number of aliphatic hydroxyl groups is 1. The first-order valence-corrected chi connectivity index (χ1v) is 6.86. The Bertz CT molecular complexity index is 592. The molecule has 0 radical (unpaired) electrons. The number of primary amides is 1. The topological polar surface area (TPSA) is 107 Å². The van der Waals surface area contributed by atoms with E-state index in [-0.39, 0.29) is 18.3 Å². The lowest BCUT2D eigenvalue weighted by molar-refractivity contribution is 0.0995. The number of carbonyl (C=O) groups is 1. The highest BCUT2D eigenvalue weighted by Crippen LogP contribution is 2.16. The van der Waals surface area contributed by atoms with Crippen molar-refractivity contribution in [3.8, 4) is 0 Å². The lowest BCUT2D eigenvalue weighted by Gasteiger charge is -2.15. The number of amides is 1. The fourth-order valence-corrected chi connectivity index (χ4v) is 2.17. The van der Waals surface area contributed by atoms with Gasteiger partial charge in [0.25, 0.3) is 5.91 Å². The van der Waals surface area contributed by atoms with Crippen LogP contribution in [0.3, 0.4) is 0 Å². The average Bonchev–Trinajstić information content (AvgIpc) is 2.98. The van der Waals surface area contributed by atoms with Gasteiger partial charge in [0.15, 0.2) is 0 Å². The second kappa shape index (κ2) is 7.01. The molecule has 1 unspecified atom stereocenters. The summed E-state index contributed by atoms with van der Waals surface area (Å²) in [7, 11) is 0. The molecule has 2 rings (SSSR count). The van der Waals surface area contributed by atoms with Crippen LogP contribution in [0, 0.1) is 0 Å². The fraction of sp³-hybridized carbons (Fsp3) is 0.333. The van der Waals surface area contributed by atoms with E-state index in [4.69, 9.17) is 11.5 Å². The zero-order chi connectivity index (χ0) is 15.2. The number of nitrogens with two attached hydrogens (primary N) is 2. The minimum Gasteiger partial charge on any atom is -0.394 e. The number of aliphatic hydroxyl groups excluding tert-OH is 1. The maximum atomic E-state index is 11.0. The van der Waals surface area contributed by atoms with Crippen LogP contribution in [0.2, 0.25) is 0 Å². The van der Waals surface area contributed by atoms with E-state index in [0.717, 1.165) is 18.4 Å². The number of hydrogen-bond acceptors (Lipinski definition) is 4. The van der Waals surface area contributed by atoms with Crippen molar-refractivity contribution in [2.24, 2.45) is 11.5 Å². The van der Waals surface area contributed by atoms with Crippen LogP contribution in [0.25, 0.3) is 0 Å². The van der Waals surface area contributed by atoms with Crippen molar-refractivity contribution in [2.75, 3.05) is 6.61 Å². The van der Waals surface area contributed by atoms with Crippen LogP contribution < -0.4 is 11.5 Å². The molecule has 1 atom stereocenters. The smallest absolute Gasteiger partial charge is 0.268 e. The van der Waals surface area contributed by atoms with E-state index in [2.05, 4.69) is 4.98 Å². The number of benzene rings is 1. The molecule has 1 aromatic carbocycles. The molecule has 0 bridgehead atoms. The van der Waals surface area contributed by atoms with E-state index in [1.54, 1.807) is 10.8 Å². The molecule has 0 fully saturated rings. The summed E-state index contributed by atoms with van der Waals surface area (Å²) in [5.41, 5.74) is 13.2. The summed E-state index contributed by atoms with van der Waals surface area (Å²) in [4.78, 5) is 15.0. The highest BCUT2D eigenvalue weighted by Gasteiger charge is 2.13. The standard InChI is InChI=1S/C15H20N4O2/c16-7-12-3-1-11(2-4-12)5-6-13(9-20)19-8-14(15(17)21)18-10-19/h1-4,8,10,13,20H,5-7,9,16H2,(H2,17,21). The van der Waals surface area contributed by atoms with Gasteiger partial charge in [0, 0.05) is 12.7 Å². The van der Waals surface area contributed by atoms with Gasteiger partial charge in [0.05, 0.1) is 19.0 Å². The summed E-state index contributed by atoms with van der Waals surface area (Å²) >= 11 is 0. The molecule has 6 nitrogen and oxygen atoms in total. The van der Waals surface area contributed by atoms with Gasteiger partial charge < -0.3 is 21.1 Å². The predicted octanol–water partition coefficient (Wildman–Crippen LogP) is 0.607. The predicted molar refractivity (Wildman–Crippen MR) is 79.5 cm³/mol. The van der Waals surface area contributed by atoms with Crippen molar-refractivity contribution in [1.82, 2.24) is 9.55 Å². The first-order valence-electron chi connectivity index (χ1n) is 6.86. The molecule has 21 heavy (non-hydrogen) atoms. The SMILES string of the molecule is NCc1ccc(CCC(CO)n2cnc(C(N)=O)c2)cc1. The van der Waals surface area contributed by atoms with Crippen LogP contribution in [-0.2, 0) is 13.0 Å². The van der Waals surface area contributed by atoms with Gasteiger partial charge in [-0.3, -0.25) is 4.79 Å². The Morgan fingerprint density at radius 1 is 1.29 bits per heavy atom. The Balaban J connectivity index is 1.99. The molecule has 0 aliphatic heterocycles. The minimum absolute atomic E-state index is 0.0184. The van der Waals surface area contributed by atoms with Gasteiger partial charge in [-0.25, -0.2) is 4.98 Å². The van der Waals surface area contributed by atoms with Crippen LogP contribution in [0.4, 0.5) is 0 Å². The monoisotopic (exact) mass is 288 g/mol. The van der Waals surface area contributed by atoms with Crippen molar-refractivity contribution in [1.29, 1.82) is 0 Å². The van der Waals surface area contributed by atoms with Crippen molar-refractivity contribution in [3.05, 3.63) is 53.6 Å². The molecule has 1 aromatic heterocycles. The van der Waals surface area contributed by atoms with Gasteiger partial charge in [-0.2, -0.15) is 0 Å². The van der Waals surface area contributed by atoms with Gasteiger partial charge in [-0.05, 0) is 24.0 Å². The van der Waals surface area contributed by atoms with Crippen LogP contribution >= 0.6 is 0 Å². The van der Waals surface area contributed by atoms with Crippen LogP contribution in [-0.4, -0.2) is 27.2 Å². The molecule has 0 saturated heterocycles. The summed E-state index contributed by atoms with van der Waals surface area (Å²) in [5.74, 6) is -0.567. The van der Waals surface area contributed by atoms with Gasteiger partial charge in [0.2, 0.25) is 0 Å². The summed E-state index contributed by atoms with van der Waals surface area (Å²) in [5, 5.41) is 9.51. The fourth-order valence-electron chi connectivity index (χ4n) is 2.17. The zero-order valence-corrected chi connectivity index (χ0v) is 11.8. The number of aromatic nitrogens is 2. The molecule has 0 aliphatic rings. The Labute approximate surface area is 123 Å². The average molecular weight is 288 g/mol. The van der Waals surface area contributed by atoms with Crippen molar-refractivity contribution >= 4 is 5.91 Å². The summed E-state index contributed by atoms with van der Waals surface area (Å²) < 4.78 is 1.73. The lowest BCUT2D eigenvalue weighted by atomic mass is 10.0. The van der Waals surface area contributed by atoms with E-state index in [0.29, 0.717) is 6.54 Å². The summed E-state index contributed by atoms with van der Waals surface area (Å²) in [6, 6.07) is 7.97. The first kappa shape index (κ1) is 15.2. The van der Waals surface area contributed by atoms with Crippen molar-refractivity contribution < 1.29 is 9.90 Å². The highest BCUT2D eigenvalue weighted by molar-refractivity contribution is 5.90. The van der Waals surface area contributed by atoms with E-state index in [9.17, 15) is 9.90 Å². The Hall–Kier alpha value is -2.18. The molecular formula is C15H20N4O2. The zero-order valence-electron chi connectivity index (χ0n) is 11.8. The first-order chi connectivity index (χ1) is 10.1. The molecule has 6 heteroatoms. The van der Waals surface area contributed by atoms with Gasteiger partial charge in [0.1, 0.15) is 5.69 Å². The molecule has 0 saturated carbocycles. The second-order valence-corrected chi connectivity index (χ2v) is 4.97. The molecule has 2 aromatic rings. The largest absolute Gasteiger partial charge is 0.394 e. The lowest BCUT2D eigenvalue weighted by Crippen LogP contribution is -2.14. The Morgan fingerprint density at radius 3 is 2.48 bits per heavy atom. The van der Waals surface area contributed by atoms with E-state index < -0.39 is 5.91 Å². The molecule has 1 amide bonds. The normalized spacial score (nSPS) is 12.3. The Morgan fingerprint density at radius 2 is 1.95 bits per heavy atom. The summed E-state index contributed by atoms with van der Waals surface area (Å²) in [6.45, 7) is 0.514. The van der Waals surface area contributed by atoms with E-state index >= 15 is 0 Å². The second-order valence-electron chi connectivity index (χ2n) is 4.97. The minimum atomic E-state index is -0.567. The number of rotatable bonds is 7. The third-order valence-electron chi connectivity index (χ3n) is 3.51. The Kier molecular flexibility index (Phi) is 5.08. The van der Waals surface area contributed by atoms with Gasteiger partial charge in [-0.15, -0.1) is 0 Å². The van der Waals surface area contributed by atoms with Gasteiger partial charge >= 0.3 is 0 Å². The van der Waals surface area contributed by atoms with Crippen LogP contribution in [0.15, 0.2) is 36.8 Å². The molecule has 0 aliphatic carbocycles. The maximum Gasteiger partial charge on any atom is 0.268 e.